The Hall–Kier alpha value is -2.64. The molecule has 0 radical (unpaired) electrons. The third kappa shape index (κ3) is 4.99. The number of benzene rings is 1. The largest absolute Gasteiger partial charge is 0.449 e. The summed E-state index contributed by atoms with van der Waals surface area (Å²) >= 11 is 0. The number of nitro benzene ring substituents is 1. The fraction of sp³-hybridized carbons (Fsp3) is 0.600. The van der Waals surface area contributed by atoms with Crippen LogP contribution in [-0.4, -0.2) is 43.0 Å². The Morgan fingerprint density at radius 2 is 1.96 bits per heavy atom. The monoisotopic (exact) mass is 391 g/mol. The van der Waals surface area contributed by atoms with E-state index in [1.807, 2.05) is 0 Å². The van der Waals surface area contributed by atoms with Crippen LogP contribution >= 0.6 is 0 Å². The topological polar surface area (TPSA) is 102 Å². The van der Waals surface area contributed by atoms with Crippen LogP contribution < -0.4 is 10.2 Å². The number of carbonyl (C=O) groups is 2. The molecule has 8 nitrogen and oxygen atoms in total. The Balaban J connectivity index is 2.10. The van der Waals surface area contributed by atoms with Crippen molar-refractivity contribution in [3.05, 3.63) is 33.9 Å². The van der Waals surface area contributed by atoms with Crippen molar-refractivity contribution < 1.29 is 19.2 Å². The molecule has 2 rings (SSSR count). The summed E-state index contributed by atoms with van der Waals surface area (Å²) in [5.74, 6) is -0.224. The normalized spacial score (nSPS) is 22.8. The number of hydrogen-bond donors (Lipinski definition) is 1. The molecule has 28 heavy (non-hydrogen) atoms. The van der Waals surface area contributed by atoms with Crippen molar-refractivity contribution >= 4 is 23.3 Å². The van der Waals surface area contributed by atoms with Crippen LogP contribution in [0.3, 0.4) is 0 Å². The zero-order valence-corrected chi connectivity index (χ0v) is 17.1. The average Bonchev–Trinajstić information content (AvgIpc) is 2.64. The molecule has 1 saturated carbocycles. The molecule has 0 aliphatic heterocycles. The smallest absolute Gasteiger partial charge is 0.341 e. The highest BCUT2D eigenvalue weighted by molar-refractivity contribution is 5.98. The second-order valence-electron chi connectivity index (χ2n) is 7.78. The summed E-state index contributed by atoms with van der Waals surface area (Å²) in [6.07, 6.45) is 2.13. The molecule has 0 bridgehead atoms. The maximum absolute atomic E-state index is 12.6. The van der Waals surface area contributed by atoms with Crippen molar-refractivity contribution in [1.82, 2.24) is 5.32 Å². The van der Waals surface area contributed by atoms with E-state index in [9.17, 15) is 19.7 Å². The van der Waals surface area contributed by atoms with Crippen LogP contribution in [-0.2, 0) is 9.53 Å². The Morgan fingerprint density at radius 3 is 2.57 bits per heavy atom. The molecule has 1 N–H and O–H groups in total. The molecule has 1 fully saturated rings. The Kier molecular flexibility index (Phi) is 6.99. The molecular weight excluding hydrogens is 362 g/mol. The van der Waals surface area contributed by atoms with Crippen LogP contribution in [0.1, 0.15) is 50.4 Å². The quantitative estimate of drug-likeness (QED) is 0.454. The SMILES string of the molecule is C[C@@H]1[C@H](C)CCC[C@H]1NC(=O)[C@@H](C)OC(=O)c1cc([N+](=O)[O-])ccc1N(C)C. The molecule has 154 valence electrons. The molecule has 4 atom stereocenters. The van der Waals surface area contributed by atoms with Gasteiger partial charge >= 0.3 is 5.97 Å². The Morgan fingerprint density at radius 1 is 1.29 bits per heavy atom. The average molecular weight is 391 g/mol. The Bertz CT molecular complexity index is 749. The lowest BCUT2D eigenvalue weighted by atomic mass is 9.78. The van der Waals surface area contributed by atoms with Gasteiger partial charge in [-0.05, 0) is 31.2 Å². The number of nitro groups is 1. The van der Waals surface area contributed by atoms with Gasteiger partial charge in [0.1, 0.15) is 0 Å². The molecule has 0 spiro atoms. The van der Waals surface area contributed by atoms with Crippen molar-refractivity contribution in [3.8, 4) is 0 Å². The molecule has 1 amide bonds. The molecule has 0 unspecified atom stereocenters. The lowest BCUT2D eigenvalue weighted by molar-refractivity contribution is -0.384. The summed E-state index contributed by atoms with van der Waals surface area (Å²) in [6.45, 7) is 5.81. The molecular formula is C20H29N3O5. The van der Waals surface area contributed by atoms with Gasteiger partial charge in [-0.25, -0.2) is 4.79 Å². The molecule has 8 heteroatoms. The predicted molar refractivity (Wildman–Crippen MR) is 106 cm³/mol. The van der Waals surface area contributed by atoms with Crippen LogP contribution in [0.15, 0.2) is 18.2 Å². The van der Waals surface area contributed by atoms with Crippen molar-refractivity contribution in [2.75, 3.05) is 19.0 Å². The summed E-state index contributed by atoms with van der Waals surface area (Å²) in [6, 6.07) is 4.05. The summed E-state index contributed by atoms with van der Waals surface area (Å²) in [5.41, 5.74) is 0.330. The van der Waals surface area contributed by atoms with E-state index >= 15 is 0 Å². The van der Waals surface area contributed by atoms with Gasteiger partial charge in [0, 0.05) is 32.3 Å². The van der Waals surface area contributed by atoms with Gasteiger partial charge in [-0.15, -0.1) is 0 Å². The second-order valence-corrected chi connectivity index (χ2v) is 7.78. The van der Waals surface area contributed by atoms with Crippen LogP contribution in [0.4, 0.5) is 11.4 Å². The minimum atomic E-state index is -0.994. The van der Waals surface area contributed by atoms with Crippen LogP contribution in [0.2, 0.25) is 0 Å². The summed E-state index contributed by atoms with van der Waals surface area (Å²) < 4.78 is 5.33. The maximum atomic E-state index is 12.6. The van der Waals surface area contributed by atoms with Crippen LogP contribution in [0, 0.1) is 22.0 Å². The summed E-state index contributed by atoms with van der Waals surface area (Å²) in [5, 5.41) is 14.0. The van der Waals surface area contributed by atoms with E-state index in [1.165, 1.54) is 25.1 Å². The third-order valence-electron chi connectivity index (χ3n) is 5.58. The number of nitrogens with zero attached hydrogens (tertiary/aromatic N) is 2. The van der Waals surface area contributed by atoms with Gasteiger partial charge < -0.3 is 15.0 Å². The van der Waals surface area contributed by atoms with E-state index in [0.717, 1.165) is 19.3 Å². The number of anilines is 1. The lowest BCUT2D eigenvalue weighted by Crippen LogP contribution is -2.47. The van der Waals surface area contributed by atoms with E-state index < -0.39 is 17.0 Å². The minimum absolute atomic E-state index is 0.0542. The van der Waals surface area contributed by atoms with Gasteiger partial charge in [0.05, 0.1) is 16.2 Å². The number of non-ortho nitro benzene ring substituents is 1. The zero-order valence-electron chi connectivity index (χ0n) is 17.1. The molecule has 1 aromatic rings. The summed E-state index contributed by atoms with van der Waals surface area (Å²) in [7, 11) is 3.44. The highest BCUT2D eigenvalue weighted by atomic mass is 16.6. The van der Waals surface area contributed by atoms with Crippen LogP contribution in [0.25, 0.3) is 0 Å². The number of esters is 1. The van der Waals surface area contributed by atoms with Crippen LogP contribution in [0.5, 0.6) is 0 Å². The van der Waals surface area contributed by atoms with Gasteiger partial charge in [-0.1, -0.05) is 26.7 Å². The molecule has 1 aliphatic carbocycles. The first-order valence-electron chi connectivity index (χ1n) is 9.59. The van der Waals surface area contributed by atoms with Gasteiger partial charge in [-0.2, -0.15) is 0 Å². The second kappa shape index (κ2) is 9.03. The highest BCUT2D eigenvalue weighted by Crippen LogP contribution is 2.30. The maximum Gasteiger partial charge on any atom is 0.341 e. The fourth-order valence-electron chi connectivity index (χ4n) is 3.55. The van der Waals surface area contributed by atoms with Gasteiger partial charge in [0.25, 0.3) is 11.6 Å². The first-order valence-corrected chi connectivity index (χ1v) is 9.59. The van der Waals surface area contributed by atoms with Crippen molar-refractivity contribution in [2.24, 2.45) is 11.8 Å². The number of carbonyl (C=O) groups excluding carboxylic acids is 2. The standard InChI is InChI=1S/C20H29N3O5/c1-12-7-6-8-17(13(12)2)21-19(24)14(3)28-20(25)16-11-15(23(26)27)9-10-18(16)22(4)5/h9-14,17H,6-8H2,1-5H3,(H,21,24)/t12-,13-,14-,17-/m1/s1. The lowest BCUT2D eigenvalue weighted by Gasteiger charge is -2.35. The van der Waals surface area contributed by atoms with E-state index in [-0.39, 0.29) is 23.2 Å². The molecule has 1 aliphatic rings. The first kappa shape index (κ1) is 21.7. The third-order valence-corrected chi connectivity index (χ3v) is 5.58. The molecule has 1 aromatic carbocycles. The Labute approximate surface area is 165 Å². The van der Waals surface area contributed by atoms with E-state index in [0.29, 0.717) is 17.5 Å². The zero-order chi connectivity index (χ0) is 21.0. The number of rotatable bonds is 6. The minimum Gasteiger partial charge on any atom is -0.449 e. The molecule has 0 aromatic heterocycles. The molecule has 0 saturated heterocycles. The van der Waals surface area contributed by atoms with E-state index in [1.54, 1.807) is 19.0 Å². The van der Waals surface area contributed by atoms with E-state index in [4.69, 9.17) is 4.74 Å². The van der Waals surface area contributed by atoms with Crippen molar-refractivity contribution in [3.63, 3.8) is 0 Å². The number of ether oxygens (including phenoxy) is 1. The highest BCUT2D eigenvalue weighted by Gasteiger charge is 2.30. The number of hydrogen-bond acceptors (Lipinski definition) is 6. The summed E-state index contributed by atoms with van der Waals surface area (Å²) in [4.78, 5) is 37.3. The number of amides is 1. The number of nitrogens with one attached hydrogen (secondary N) is 1. The van der Waals surface area contributed by atoms with Gasteiger partial charge in [0.15, 0.2) is 6.10 Å². The van der Waals surface area contributed by atoms with Gasteiger partial charge in [-0.3, -0.25) is 14.9 Å². The van der Waals surface area contributed by atoms with Gasteiger partial charge in [0.2, 0.25) is 0 Å². The predicted octanol–water partition coefficient (Wildman–Crippen LogP) is 3.15. The molecule has 0 heterocycles. The van der Waals surface area contributed by atoms with Crippen molar-refractivity contribution in [1.29, 1.82) is 0 Å². The van der Waals surface area contributed by atoms with Crippen molar-refractivity contribution in [2.45, 2.75) is 52.2 Å². The fourth-order valence-corrected chi connectivity index (χ4v) is 3.55. The first-order chi connectivity index (χ1) is 13.1. The van der Waals surface area contributed by atoms with E-state index in [2.05, 4.69) is 19.2 Å².